The first kappa shape index (κ1) is 9.85. The molecule has 0 atom stereocenters. The first-order valence-corrected chi connectivity index (χ1v) is 3.45. The molecule has 60 valence electrons. The van der Waals surface area contributed by atoms with Crippen molar-refractivity contribution in [2.45, 2.75) is 18.4 Å². The van der Waals surface area contributed by atoms with Crippen LogP contribution in [0.2, 0.25) is 0 Å². The maximum Gasteiger partial charge on any atom is 0.510 e. The van der Waals surface area contributed by atoms with Crippen LogP contribution in [0.3, 0.4) is 0 Å². The lowest BCUT2D eigenvalue weighted by Crippen LogP contribution is -2.19. The van der Waals surface area contributed by atoms with Crippen molar-refractivity contribution < 1.29 is 14.3 Å². The molecule has 0 amide bonds. The van der Waals surface area contributed by atoms with E-state index >= 15 is 0 Å². The van der Waals surface area contributed by atoms with Crippen molar-refractivity contribution in [3.8, 4) is 0 Å². The SMILES string of the molecule is CCOC(=O)OC(C)(Cl)Cl. The average molecular weight is 187 g/mol. The van der Waals surface area contributed by atoms with Crippen LogP contribution in [0.5, 0.6) is 0 Å². The van der Waals surface area contributed by atoms with Crippen molar-refractivity contribution in [3.05, 3.63) is 0 Å². The Balaban J connectivity index is 3.58. The summed E-state index contributed by atoms with van der Waals surface area (Å²) in [6.07, 6.45) is -0.866. The average Bonchev–Trinajstić information content (AvgIpc) is 1.59. The first-order chi connectivity index (χ1) is 4.45. The Morgan fingerprint density at radius 3 is 2.40 bits per heavy atom. The predicted molar refractivity (Wildman–Crippen MR) is 38.2 cm³/mol. The zero-order valence-corrected chi connectivity index (χ0v) is 7.20. The van der Waals surface area contributed by atoms with E-state index in [0.717, 1.165) is 0 Å². The molecule has 0 aromatic rings. The van der Waals surface area contributed by atoms with Crippen molar-refractivity contribution in [3.63, 3.8) is 0 Å². The van der Waals surface area contributed by atoms with E-state index in [-0.39, 0.29) is 6.61 Å². The molecular weight excluding hydrogens is 179 g/mol. The van der Waals surface area contributed by atoms with Gasteiger partial charge in [0.1, 0.15) is 0 Å². The van der Waals surface area contributed by atoms with Crippen LogP contribution in [0, 0.1) is 0 Å². The number of carbonyl (C=O) groups is 1. The molecule has 0 radical (unpaired) electrons. The lowest BCUT2D eigenvalue weighted by atomic mass is 10.8. The molecule has 0 saturated carbocycles. The van der Waals surface area contributed by atoms with Gasteiger partial charge in [0.2, 0.25) is 0 Å². The standard InChI is InChI=1S/C5H8Cl2O3/c1-3-9-4(8)10-5(2,6)7/h3H2,1-2H3. The highest BCUT2D eigenvalue weighted by Crippen LogP contribution is 2.21. The topological polar surface area (TPSA) is 35.5 Å². The van der Waals surface area contributed by atoms with Crippen molar-refractivity contribution in [1.29, 1.82) is 0 Å². The minimum absolute atomic E-state index is 0.239. The summed E-state index contributed by atoms with van der Waals surface area (Å²) in [5, 5.41) is 0. The fourth-order valence-corrected chi connectivity index (χ4v) is 0.420. The molecule has 0 aromatic heterocycles. The van der Waals surface area contributed by atoms with E-state index in [2.05, 4.69) is 9.47 Å². The predicted octanol–water partition coefficient (Wildman–Crippen LogP) is 2.31. The van der Waals surface area contributed by atoms with Crippen molar-refractivity contribution in [1.82, 2.24) is 0 Å². The number of hydrogen-bond acceptors (Lipinski definition) is 3. The van der Waals surface area contributed by atoms with E-state index in [1.54, 1.807) is 6.92 Å². The fraction of sp³-hybridized carbons (Fsp3) is 0.800. The van der Waals surface area contributed by atoms with Crippen molar-refractivity contribution in [2.24, 2.45) is 0 Å². The molecule has 0 aromatic carbocycles. The number of rotatable bonds is 2. The Kier molecular flexibility index (Phi) is 3.83. The summed E-state index contributed by atoms with van der Waals surface area (Å²) in [6.45, 7) is 3.22. The van der Waals surface area contributed by atoms with Crippen molar-refractivity contribution in [2.75, 3.05) is 6.61 Å². The normalized spacial score (nSPS) is 10.8. The summed E-state index contributed by atoms with van der Waals surface area (Å²) >= 11 is 10.6. The molecular formula is C5H8Cl2O3. The Morgan fingerprint density at radius 1 is 1.60 bits per heavy atom. The van der Waals surface area contributed by atoms with Gasteiger partial charge in [-0.25, -0.2) is 4.79 Å². The number of carbonyl (C=O) groups excluding carboxylic acids is 1. The first-order valence-electron chi connectivity index (χ1n) is 2.69. The van der Waals surface area contributed by atoms with Gasteiger partial charge in [-0.05, 0) is 6.92 Å². The maximum absolute atomic E-state index is 10.4. The van der Waals surface area contributed by atoms with Crippen LogP contribution in [0.15, 0.2) is 0 Å². The number of ether oxygens (including phenoxy) is 2. The molecule has 0 fully saturated rings. The second-order valence-corrected chi connectivity index (χ2v) is 3.23. The van der Waals surface area contributed by atoms with Gasteiger partial charge in [-0.2, -0.15) is 0 Å². The van der Waals surface area contributed by atoms with Gasteiger partial charge in [0.15, 0.2) is 0 Å². The summed E-state index contributed by atoms with van der Waals surface area (Å²) in [4.78, 5) is 10.4. The molecule has 0 rings (SSSR count). The maximum atomic E-state index is 10.4. The van der Waals surface area contributed by atoms with E-state index in [9.17, 15) is 4.79 Å². The van der Waals surface area contributed by atoms with E-state index < -0.39 is 10.7 Å². The second-order valence-electron chi connectivity index (χ2n) is 1.59. The van der Waals surface area contributed by atoms with Crippen LogP contribution in [0.4, 0.5) is 4.79 Å². The van der Waals surface area contributed by atoms with Gasteiger partial charge in [-0.3, -0.25) is 0 Å². The van der Waals surface area contributed by atoms with Gasteiger partial charge in [0.05, 0.1) is 6.61 Å². The summed E-state index contributed by atoms with van der Waals surface area (Å²) in [6, 6.07) is 0. The van der Waals surface area contributed by atoms with Gasteiger partial charge in [-0.15, -0.1) is 0 Å². The Morgan fingerprint density at radius 2 is 2.10 bits per heavy atom. The molecule has 0 aliphatic heterocycles. The van der Waals surface area contributed by atoms with Crippen LogP contribution in [0.1, 0.15) is 13.8 Å². The van der Waals surface area contributed by atoms with Crippen LogP contribution in [-0.4, -0.2) is 17.3 Å². The monoisotopic (exact) mass is 186 g/mol. The molecule has 3 nitrogen and oxygen atoms in total. The third-order valence-corrected chi connectivity index (χ3v) is 0.679. The van der Waals surface area contributed by atoms with Gasteiger partial charge in [0, 0.05) is 6.92 Å². The quantitative estimate of drug-likeness (QED) is 0.491. The third-order valence-electron chi connectivity index (χ3n) is 0.525. The van der Waals surface area contributed by atoms with Gasteiger partial charge in [0.25, 0.3) is 4.52 Å². The fourth-order valence-electron chi connectivity index (χ4n) is 0.294. The van der Waals surface area contributed by atoms with E-state index in [0.29, 0.717) is 0 Å². The highest BCUT2D eigenvalue weighted by molar-refractivity contribution is 6.47. The zero-order chi connectivity index (χ0) is 8.20. The highest BCUT2D eigenvalue weighted by atomic mass is 35.5. The summed E-state index contributed by atoms with van der Waals surface area (Å²) in [5.41, 5.74) is 0. The largest absolute Gasteiger partial charge is 0.510 e. The van der Waals surface area contributed by atoms with Crippen LogP contribution < -0.4 is 0 Å². The van der Waals surface area contributed by atoms with E-state index in [1.807, 2.05) is 0 Å². The molecule has 0 unspecified atom stereocenters. The highest BCUT2D eigenvalue weighted by Gasteiger charge is 2.22. The number of alkyl halides is 2. The molecule has 0 spiro atoms. The Hall–Kier alpha value is -0.150. The van der Waals surface area contributed by atoms with E-state index in [1.165, 1.54) is 6.92 Å². The molecule has 0 heterocycles. The van der Waals surface area contributed by atoms with Gasteiger partial charge in [-0.1, -0.05) is 23.2 Å². The lowest BCUT2D eigenvalue weighted by Gasteiger charge is -2.12. The zero-order valence-electron chi connectivity index (χ0n) is 5.69. The Bertz CT molecular complexity index is 119. The number of halogens is 2. The second kappa shape index (κ2) is 3.88. The summed E-state index contributed by atoms with van der Waals surface area (Å²) in [5.74, 6) is 0. The van der Waals surface area contributed by atoms with E-state index in [4.69, 9.17) is 23.2 Å². The van der Waals surface area contributed by atoms with Crippen molar-refractivity contribution >= 4 is 29.4 Å². The molecule has 0 N–H and O–H groups in total. The number of hydrogen-bond donors (Lipinski definition) is 0. The molecule has 10 heavy (non-hydrogen) atoms. The van der Waals surface area contributed by atoms with Gasteiger partial charge >= 0.3 is 6.16 Å². The van der Waals surface area contributed by atoms with Crippen LogP contribution in [-0.2, 0) is 9.47 Å². The smallest absolute Gasteiger partial charge is 0.435 e. The Labute approximate surface area is 69.2 Å². The lowest BCUT2D eigenvalue weighted by molar-refractivity contribution is 0.0425. The molecule has 0 bridgehead atoms. The summed E-state index contributed by atoms with van der Waals surface area (Å²) < 4.78 is 7.23. The minimum Gasteiger partial charge on any atom is -0.435 e. The summed E-state index contributed by atoms with van der Waals surface area (Å²) in [7, 11) is 0. The minimum atomic E-state index is -1.51. The third kappa shape index (κ3) is 5.98. The van der Waals surface area contributed by atoms with Gasteiger partial charge < -0.3 is 9.47 Å². The molecule has 0 saturated heterocycles. The molecule has 0 aliphatic rings. The van der Waals surface area contributed by atoms with Crippen LogP contribution >= 0.6 is 23.2 Å². The van der Waals surface area contributed by atoms with Crippen LogP contribution in [0.25, 0.3) is 0 Å². The molecule has 5 heteroatoms. The molecule has 0 aliphatic carbocycles.